The molecule has 0 aliphatic carbocycles. The Hall–Kier alpha value is -3.59. The number of amides is 2. The van der Waals surface area contributed by atoms with Crippen LogP contribution in [0.15, 0.2) is 60.7 Å². The number of nitrogens with one attached hydrogen (secondary N) is 2. The number of anilines is 2. The summed E-state index contributed by atoms with van der Waals surface area (Å²) in [5.41, 5.74) is -3.58. The van der Waals surface area contributed by atoms with Gasteiger partial charge in [0.05, 0.1) is 6.61 Å². The summed E-state index contributed by atoms with van der Waals surface area (Å²) in [6.07, 6.45) is -5.30. The zero-order valence-corrected chi connectivity index (χ0v) is 17.3. The van der Waals surface area contributed by atoms with Crippen LogP contribution in [0.4, 0.5) is 29.3 Å². The number of carbonyl (C=O) groups excluding carboxylic acids is 2. The van der Waals surface area contributed by atoms with E-state index in [1.807, 2.05) is 30.3 Å². The first-order valence-corrected chi connectivity index (χ1v) is 9.70. The first-order valence-electron chi connectivity index (χ1n) is 9.70. The van der Waals surface area contributed by atoms with Gasteiger partial charge in [-0.3, -0.25) is 0 Å². The minimum absolute atomic E-state index is 0.209. The molecule has 168 valence electrons. The van der Waals surface area contributed by atoms with Gasteiger partial charge in [0.15, 0.2) is 0 Å². The van der Waals surface area contributed by atoms with Crippen LogP contribution >= 0.6 is 0 Å². The van der Waals surface area contributed by atoms with Gasteiger partial charge in [0.25, 0.3) is 5.60 Å². The van der Waals surface area contributed by atoms with Gasteiger partial charge in [-0.2, -0.15) is 13.2 Å². The molecular formula is C23H21F3N2O4. The van der Waals surface area contributed by atoms with E-state index in [-0.39, 0.29) is 17.9 Å². The minimum atomic E-state index is -5.30. The van der Waals surface area contributed by atoms with Crippen molar-refractivity contribution < 1.29 is 32.6 Å². The third-order valence-electron chi connectivity index (χ3n) is 4.88. The molecule has 3 aromatic carbocycles. The zero-order chi connectivity index (χ0) is 23.5. The Morgan fingerprint density at radius 3 is 2.28 bits per heavy atom. The second kappa shape index (κ2) is 8.88. The highest BCUT2D eigenvalue weighted by Gasteiger charge is 2.62. The van der Waals surface area contributed by atoms with Crippen LogP contribution in [0.2, 0.25) is 0 Å². The van der Waals surface area contributed by atoms with Crippen molar-refractivity contribution in [2.24, 2.45) is 0 Å². The third-order valence-corrected chi connectivity index (χ3v) is 4.88. The van der Waals surface area contributed by atoms with Gasteiger partial charge in [0, 0.05) is 16.9 Å². The van der Waals surface area contributed by atoms with E-state index >= 15 is 0 Å². The number of benzene rings is 3. The van der Waals surface area contributed by atoms with Gasteiger partial charge in [0.2, 0.25) is 0 Å². The molecule has 2 amide bonds. The molecule has 3 aromatic rings. The third kappa shape index (κ3) is 4.52. The molecule has 0 saturated carbocycles. The lowest BCUT2D eigenvalue weighted by atomic mass is 9.91. The van der Waals surface area contributed by atoms with Crippen molar-refractivity contribution in [2.45, 2.75) is 25.6 Å². The van der Waals surface area contributed by atoms with Crippen molar-refractivity contribution in [3.8, 4) is 0 Å². The number of alkyl halides is 3. The Morgan fingerprint density at radius 1 is 0.969 bits per heavy atom. The number of urea groups is 1. The molecule has 0 aromatic heterocycles. The van der Waals surface area contributed by atoms with Crippen LogP contribution < -0.4 is 10.6 Å². The van der Waals surface area contributed by atoms with E-state index in [1.54, 1.807) is 12.1 Å². The van der Waals surface area contributed by atoms with Gasteiger partial charge in [-0.15, -0.1) is 0 Å². The van der Waals surface area contributed by atoms with Crippen LogP contribution in [-0.4, -0.2) is 29.9 Å². The van der Waals surface area contributed by atoms with Crippen molar-refractivity contribution in [3.05, 3.63) is 71.8 Å². The van der Waals surface area contributed by atoms with Gasteiger partial charge >= 0.3 is 18.2 Å². The fourth-order valence-electron chi connectivity index (χ4n) is 3.21. The number of ether oxygens (including phenoxy) is 1. The van der Waals surface area contributed by atoms with E-state index < -0.39 is 29.3 Å². The summed E-state index contributed by atoms with van der Waals surface area (Å²) in [7, 11) is 0. The molecule has 0 heterocycles. The number of aryl methyl sites for hydroxylation is 1. The highest BCUT2D eigenvalue weighted by molar-refractivity contribution is 6.01. The smallest absolute Gasteiger partial charge is 0.432 e. The van der Waals surface area contributed by atoms with Crippen LogP contribution in [0, 0.1) is 6.92 Å². The second-order valence-electron chi connectivity index (χ2n) is 7.10. The Labute approximate surface area is 182 Å². The maximum Gasteiger partial charge on any atom is 0.432 e. The van der Waals surface area contributed by atoms with Crippen LogP contribution in [0.3, 0.4) is 0 Å². The molecule has 0 fully saturated rings. The Balaban J connectivity index is 1.80. The molecule has 6 nitrogen and oxygen atoms in total. The Kier molecular flexibility index (Phi) is 6.40. The van der Waals surface area contributed by atoms with Gasteiger partial charge in [-0.05, 0) is 48.4 Å². The number of rotatable bonds is 5. The molecular weight excluding hydrogens is 425 g/mol. The fourth-order valence-corrected chi connectivity index (χ4v) is 3.21. The van der Waals surface area contributed by atoms with Crippen molar-refractivity contribution >= 4 is 34.1 Å². The topological polar surface area (TPSA) is 87.7 Å². The largest absolute Gasteiger partial charge is 0.463 e. The van der Waals surface area contributed by atoms with E-state index in [2.05, 4.69) is 15.4 Å². The lowest BCUT2D eigenvalue weighted by Crippen LogP contribution is -2.50. The van der Waals surface area contributed by atoms with Crippen LogP contribution in [0.25, 0.3) is 10.8 Å². The summed E-state index contributed by atoms with van der Waals surface area (Å²) in [5, 5.41) is 17.3. The molecule has 0 saturated heterocycles. The Bertz CT molecular complexity index is 1160. The van der Waals surface area contributed by atoms with Gasteiger partial charge in [0.1, 0.15) is 0 Å². The van der Waals surface area contributed by atoms with E-state index in [4.69, 9.17) is 0 Å². The fraction of sp³-hybridized carbons (Fsp3) is 0.217. The molecule has 0 spiro atoms. The summed E-state index contributed by atoms with van der Waals surface area (Å²) < 4.78 is 45.0. The highest BCUT2D eigenvalue weighted by atomic mass is 19.4. The summed E-state index contributed by atoms with van der Waals surface area (Å²) in [6, 6.07) is 15.4. The van der Waals surface area contributed by atoms with E-state index in [0.29, 0.717) is 5.69 Å². The first kappa shape index (κ1) is 23.1. The standard InChI is InChI=1S/C23H21F3N2O4/c1-3-32-20(29)22(31,23(24,25)26)17-9-11-19(14(2)12-17)28-21(30)27-18-10-8-15-6-4-5-7-16(15)13-18/h4-13,31H,3H2,1-2H3,(H2,27,28,30). The lowest BCUT2D eigenvalue weighted by molar-refractivity contribution is -0.267. The number of halogens is 3. The maximum atomic E-state index is 13.5. The average molecular weight is 446 g/mol. The van der Waals surface area contributed by atoms with Crippen molar-refractivity contribution in [1.29, 1.82) is 0 Å². The molecule has 3 rings (SSSR count). The van der Waals surface area contributed by atoms with E-state index in [0.717, 1.165) is 22.9 Å². The maximum absolute atomic E-state index is 13.5. The summed E-state index contributed by atoms with van der Waals surface area (Å²) in [4.78, 5) is 24.3. The normalized spacial score (nSPS) is 13.3. The molecule has 3 N–H and O–H groups in total. The quantitative estimate of drug-likeness (QED) is 0.476. The number of fused-ring (bicyclic) bond motifs is 1. The first-order chi connectivity index (χ1) is 15.1. The molecule has 32 heavy (non-hydrogen) atoms. The minimum Gasteiger partial charge on any atom is -0.463 e. The predicted octanol–water partition coefficient (Wildman–Crippen LogP) is 5.11. The van der Waals surface area contributed by atoms with Crippen molar-refractivity contribution in [3.63, 3.8) is 0 Å². The monoisotopic (exact) mass is 446 g/mol. The number of hydrogen-bond donors (Lipinski definition) is 3. The molecule has 9 heteroatoms. The number of hydrogen-bond acceptors (Lipinski definition) is 4. The summed E-state index contributed by atoms with van der Waals surface area (Å²) in [5.74, 6) is -1.82. The zero-order valence-electron chi connectivity index (χ0n) is 17.3. The van der Waals surface area contributed by atoms with Crippen LogP contribution in [0.1, 0.15) is 18.1 Å². The van der Waals surface area contributed by atoms with Crippen molar-refractivity contribution in [2.75, 3.05) is 17.2 Å². The van der Waals surface area contributed by atoms with Gasteiger partial charge in [-0.25, -0.2) is 9.59 Å². The number of aliphatic hydroxyl groups is 1. The average Bonchev–Trinajstić information content (AvgIpc) is 2.73. The molecule has 0 bridgehead atoms. The molecule has 1 unspecified atom stereocenters. The van der Waals surface area contributed by atoms with Crippen molar-refractivity contribution in [1.82, 2.24) is 0 Å². The molecule has 0 radical (unpaired) electrons. The predicted molar refractivity (Wildman–Crippen MR) is 114 cm³/mol. The van der Waals surface area contributed by atoms with E-state index in [9.17, 15) is 27.9 Å². The SMILES string of the molecule is CCOC(=O)C(O)(c1ccc(NC(=O)Nc2ccc3ccccc3c2)c(C)c1)C(F)(F)F. The number of carbonyl (C=O) groups is 2. The van der Waals surface area contributed by atoms with Gasteiger partial charge < -0.3 is 20.5 Å². The Morgan fingerprint density at radius 2 is 1.66 bits per heavy atom. The van der Waals surface area contributed by atoms with Crippen LogP contribution in [-0.2, 0) is 15.1 Å². The van der Waals surface area contributed by atoms with Crippen LogP contribution in [0.5, 0.6) is 0 Å². The summed E-state index contributed by atoms with van der Waals surface area (Å²) >= 11 is 0. The highest BCUT2D eigenvalue weighted by Crippen LogP contribution is 2.41. The summed E-state index contributed by atoms with van der Waals surface area (Å²) in [6.45, 7) is 2.45. The lowest BCUT2D eigenvalue weighted by Gasteiger charge is -2.29. The van der Waals surface area contributed by atoms with E-state index in [1.165, 1.54) is 19.9 Å². The molecule has 0 aliphatic rings. The molecule has 0 aliphatic heterocycles. The van der Waals surface area contributed by atoms with Gasteiger partial charge in [-0.1, -0.05) is 42.5 Å². The number of esters is 1. The second-order valence-corrected chi connectivity index (χ2v) is 7.10. The molecule has 1 atom stereocenters.